The summed E-state index contributed by atoms with van der Waals surface area (Å²) in [5, 5.41) is 16.1. The lowest BCUT2D eigenvalue weighted by Gasteiger charge is -2.17. The highest BCUT2D eigenvalue weighted by Crippen LogP contribution is 2.39. The van der Waals surface area contributed by atoms with Gasteiger partial charge in [-0.2, -0.15) is 13.5 Å². The minimum Gasteiger partial charge on any atom is -0.494 e. The van der Waals surface area contributed by atoms with Crippen LogP contribution in [0.4, 0.5) is 0 Å². The number of nitrogens with zero attached hydrogens (tertiary/aromatic N) is 2. The standard InChI is InChI=1S/C41H48N2O5S2/c1-3-5-7-8-9-10-16-27-43-31-33(30-42-43)41(44)38-20-15-14-19-37(38)32-21-26-39(49-36-24-22-34(23-25-36)47-28-6-4-2)40(29-32)50(45,46)48-35-17-12-11-13-18-35/h11-15,17-26,29-31,41,44H,3-10,16,27-28H2,1-2H3. The first-order valence-corrected chi connectivity index (χ1v) is 19.9. The molecular weight excluding hydrogens is 665 g/mol. The van der Waals surface area contributed by atoms with Gasteiger partial charge in [0.25, 0.3) is 0 Å². The zero-order valence-corrected chi connectivity index (χ0v) is 30.7. The molecule has 0 saturated heterocycles. The van der Waals surface area contributed by atoms with Crippen LogP contribution in [0.1, 0.15) is 88.9 Å². The summed E-state index contributed by atoms with van der Waals surface area (Å²) >= 11 is 1.34. The number of para-hydroxylation sites is 1. The first-order valence-electron chi connectivity index (χ1n) is 17.7. The second kappa shape index (κ2) is 18.8. The maximum atomic E-state index is 13.9. The normalized spacial score (nSPS) is 12.1. The van der Waals surface area contributed by atoms with Crippen LogP contribution in [-0.4, -0.2) is 29.9 Å². The van der Waals surface area contributed by atoms with Crippen LogP contribution in [0, 0.1) is 0 Å². The van der Waals surface area contributed by atoms with Crippen molar-refractivity contribution in [2.45, 2.75) is 99.0 Å². The van der Waals surface area contributed by atoms with Crippen molar-refractivity contribution in [2.24, 2.45) is 0 Å². The lowest BCUT2D eigenvalue weighted by molar-refractivity contribution is 0.220. The number of aryl methyl sites for hydroxylation is 1. The van der Waals surface area contributed by atoms with E-state index >= 15 is 0 Å². The Kier molecular flexibility index (Phi) is 14.0. The average Bonchev–Trinajstić information content (AvgIpc) is 3.61. The molecule has 1 heterocycles. The average molecular weight is 713 g/mol. The molecule has 1 aromatic heterocycles. The van der Waals surface area contributed by atoms with Gasteiger partial charge in [-0.1, -0.05) is 119 Å². The van der Waals surface area contributed by atoms with Crippen molar-refractivity contribution in [2.75, 3.05) is 6.61 Å². The van der Waals surface area contributed by atoms with E-state index in [0.717, 1.165) is 48.4 Å². The molecule has 5 rings (SSSR count). The van der Waals surface area contributed by atoms with Crippen LogP contribution >= 0.6 is 11.8 Å². The van der Waals surface area contributed by atoms with Gasteiger partial charge in [-0.15, -0.1) is 0 Å². The van der Waals surface area contributed by atoms with Crippen molar-refractivity contribution < 1.29 is 22.4 Å². The Morgan fingerprint density at radius 3 is 2.24 bits per heavy atom. The molecule has 0 aliphatic heterocycles. The van der Waals surface area contributed by atoms with Crippen molar-refractivity contribution in [1.29, 1.82) is 0 Å². The quantitative estimate of drug-likeness (QED) is 0.0634. The highest BCUT2D eigenvalue weighted by Gasteiger charge is 2.25. The number of hydrogen-bond acceptors (Lipinski definition) is 7. The fourth-order valence-corrected chi connectivity index (χ4v) is 8.01. The van der Waals surface area contributed by atoms with Crippen LogP contribution < -0.4 is 8.92 Å². The molecule has 0 radical (unpaired) electrons. The van der Waals surface area contributed by atoms with Crippen LogP contribution in [0.15, 0.2) is 124 Å². The fourth-order valence-electron chi connectivity index (χ4n) is 5.72. The Bertz CT molecular complexity index is 1880. The number of unbranched alkanes of at least 4 members (excludes halogenated alkanes) is 7. The molecule has 0 spiro atoms. The Labute approximate surface area is 301 Å². The van der Waals surface area contributed by atoms with E-state index in [1.807, 2.05) is 65.5 Å². The molecule has 0 saturated carbocycles. The van der Waals surface area contributed by atoms with Crippen molar-refractivity contribution in [3.8, 4) is 22.6 Å². The molecule has 264 valence electrons. The van der Waals surface area contributed by atoms with Crippen LogP contribution in [0.25, 0.3) is 11.1 Å². The summed E-state index contributed by atoms with van der Waals surface area (Å²) < 4.78 is 41.1. The SMILES string of the molecule is CCCCCCCCCn1cc(C(O)c2ccccc2-c2ccc(Sc3ccc(OCCCC)cc3)c(S(=O)(=O)Oc3ccccc3)c2)cn1. The summed E-state index contributed by atoms with van der Waals surface area (Å²) in [6.45, 7) is 5.81. The number of hydrogen-bond donors (Lipinski definition) is 1. The summed E-state index contributed by atoms with van der Waals surface area (Å²) in [5.74, 6) is 1.00. The Morgan fingerprint density at radius 2 is 1.48 bits per heavy atom. The van der Waals surface area contributed by atoms with Gasteiger partial charge in [0.2, 0.25) is 0 Å². The maximum absolute atomic E-state index is 13.9. The zero-order valence-electron chi connectivity index (χ0n) is 29.0. The van der Waals surface area contributed by atoms with E-state index in [2.05, 4.69) is 18.9 Å². The molecule has 0 bridgehead atoms. The minimum absolute atomic E-state index is 0.0407. The first-order chi connectivity index (χ1) is 24.4. The predicted molar refractivity (Wildman–Crippen MR) is 201 cm³/mol. The van der Waals surface area contributed by atoms with Crippen LogP contribution in [0.5, 0.6) is 11.5 Å². The number of aromatic nitrogens is 2. The van der Waals surface area contributed by atoms with Crippen molar-refractivity contribution >= 4 is 21.9 Å². The summed E-state index contributed by atoms with van der Waals surface area (Å²) in [6, 6.07) is 29.0. The highest BCUT2D eigenvalue weighted by molar-refractivity contribution is 8.00. The van der Waals surface area contributed by atoms with Gasteiger partial charge in [0.05, 0.1) is 12.8 Å². The molecule has 0 aliphatic carbocycles. The summed E-state index contributed by atoms with van der Waals surface area (Å²) in [7, 11) is -4.24. The van der Waals surface area contributed by atoms with Gasteiger partial charge in [-0.05, 0) is 78.1 Å². The molecule has 1 atom stereocenters. The molecule has 7 nitrogen and oxygen atoms in total. The molecule has 0 amide bonds. The topological polar surface area (TPSA) is 90.7 Å². The summed E-state index contributed by atoms with van der Waals surface area (Å²) in [5.41, 5.74) is 2.72. The van der Waals surface area contributed by atoms with Crippen molar-refractivity contribution in [3.63, 3.8) is 0 Å². The van der Waals surface area contributed by atoms with Crippen molar-refractivity contribution in [1.82, 2.24) is 9.78 Å². The van der Waals surface area contributed by atoms with Crippen LogP contribution in [0.3, 0.4) is 0 Å². The lowest BCUT2D eigenvalue weighted by Crippen LogP contribution is -2.11. The van der Waals surface area contributed by atoms with Gasteiger partial charge in [-0.3, -0.25) is 4.68 Å². The third-order valence-corrected chi connectivity index (χ3v) is 11.0. The third-order valence-electron chi connectivity index (χ3n) is 8.51. The highest BCUT2D eigenvalue weighted by atomic mass is 32.2. The molecule has 1 N–H and O–H groups in total. The van der Waals surface area contributed by atoms with Crippen molar-refractivity contribution in [3.05, 3.63) is 121 Å². The second-order valence-electron chi connectivity index (χ2n) is 12.4. The monoisotopic (exact) mass is 712 g/mol. The molecule has 0 fully saturated rings. The Morgan fingerprint density at radius 1 is 0.780 bits per heavy atom. The third kappa shape index (κ3) is 10.5. The van der Waals surface area contributed by atoms with E-state index in [1.54, 1.807) is 48.7 Å². The molecular formula is C41H48N2O5S2. The Hall–Kier alpha value is -4.05. The predicted octanol–water partition coefficient (Wildman–Crippen LogP) is 10.5. The molecule has 50 heavy (non-hydrogen) atoms. The van der Waals surface area contributed by atoms with Gasteiger partial charge in [0.15, 0.2) is 0 Å². The first kappa shape index (κ1) is 37.2. The van der Waals surface area contributed by atoms with E-state index in [-0.39, 0.29) is 10.6 Å². The maximum Gasteiger partial charge on any atom is 0.340 e. The number of aliphatic hydroxyl groups is 1. The minimum atomic E-state index is -4.24. The molecule has 9 heteroatoms. The van der Waals surface area contributed by atoms with Gasteiger partial charge in [-0.25, -0.2) is 0 Å². The van der Waals surface area contributed by atoms with Gasteiger partial charge in [0.1, 0.15) is 22.5 Å². The van der Waals surface area contributed by atoms with Gasteiger partial charge in [0, 0.05) is 28.1 Å². The molecule has 0 aliphatic rings. The molecule has 4 aromatic carbocycles. The summed E-state index contributed by atoms with van der Waals surface area (Å²) in [4.78, 5) is 1.43. The number of ether oxygens (including phenoxy) is 1. The molecule has 1 unspecified atom stereocenters. The number of aliphatic hydroxyl groups excluding tert-OH is 1. The Balaban J connectivity index is 1.40. The smallest absolute Gasteiger partial charge is 0.340 e. The number of benzene rings is 4. The van der Waals surface area contributed by atoms with E-state index in [1.165, 1.54) is 43.9 Å². The second-order valence-corrected chi connectivity index (χ2v) is 15.1. The molecule has 5 aromatic rings. The summed E-state index contributed by atoms with van der Waals surface area (Å²) in [6.07, 6.45) is 13.3. The van der Waals surface area contributed by atoms with E-state index in [4.69, 9.17) is 8.92 Å². The largest absolute Gasteiger partial charge is 0.494 e. The van der Waals surface area contributed by atoms with E-state index in [9.17, 15) is 13.5 Å². The fraction of sp³-hybridized carbons (Fsp3) is 0.341. The van der Waals surface area contributed by atoms with Crippen LogP contribution in [-0.2, 0) is 16.7 Å². The van der Waals surface area contributed by atoms with Crippen LogP contribution in [0.2, 0.25) is 0 Å². The lowest BCUT2D eigenvalue weighted by atomic mass is 9.94. The zero-order chi connectivity index (χ0) is 35.2. The van der Waals surface area contributed by atoms with E-state index in [0.29, 0.717) is 28.2 Å². The van der Waals surface area contributed by atoms with Gasteiger partial charge >= 0.3 is 10.1 Å². The van der Waals surface area contributed by atoms with E-state index < -0.39 is 16.2 Å². The van der Waals surface area contributed by atoms with Gasteiger partial charge < -0.3 is 14.0 Å². The number of rotatable bonds is 20.